The van der Waals surface area contributed by atoms with Gasteiger partial charge in [-0.1, -0.05) is 6.92 Å². The molecule has 0 aromatic heterocycles. The molecule has 1 amide bonds. The Kier molecular flexibility index (Phi) is 8.01. The maximum atomic E-state index is 12.2. The lowest BCUT2D eigenvalue weighted by Crippen LogP contribution is -2.48. The van der Waals surface area contributed by atoms with E-state index in [-0.39, 0.29) is 11.3 Å². The number of rotatable bonds is 6. The Bertz CT molecular complexity index is 409. The second-order valence-electron chi connectivity index (χ2n) is 7.67. The molecule has 136 valence electrons. The van der Waals surface area contributed by atoms with Crippen molar-refractivity contribution in [1.82, 2.24) is 10.2 Å². The Morgan fingerprint density at radius 3 is 2.61 bits per heavy atom. The molecule has 0 aromatic carbocycles. The van der Waals surface area contributed by atoms with Crippen LogP contribution in [0.15, 0.2) is 0 Å². The first-order valence-corrected chi connectivity index (χ1v) is 10.3. The number of amides is 1. The Morgan fingerprint density at radius 2 is 2.04 bits per heavy atom. The van der Waals surface area contributed by atoms with E-state index in [1.165, 1.54) is 0 Å². The summed E-state index contributed by atoms with van der Waals surface area (Å²) in [7, 11) is -0.761. The summed E-state index contributed by atoms with van der Waals surface area (Å²) < 4.78 is 16.9. The molecule has 23 heavy (non-hydrogen) atoms. The third-order valence-corrected chi connectivity index (χ3v) is 5.77. The van der Waals surface area contributed by atoms with Crippen LogP contribution in [0.4, 0.5) is 4.79 Å². The van der Waals surface area contributed by atoms with E-state index in [0.717, 1.165) is 38.9 Å². The van der Waals surface area contributed by atoms with Gasteiger partial charge >= 0.3 is 6.09 Å². The van der Waals surface area contributed by atoms with E-state index in [0.29, 0.717) is 12.0 Å². The van der Waals surface area contributed by atoms with Crippen molar-refractivity contribution in [2.75, 3.05) is 25.9 Å². The largest absolute Gasteiger partial charge is 0.444 e. The van der Waals surface area contributed by atoms with Crippen LogP contribution in [0, 0.1) is 5.92 Å². The number of nitrogens with one attached hydrogen (secondary N) is 1. The molecule has 0 bridgehead atoms. The van der Waals surface area contributed by atoms with Gasteiger partial charge in [-0.05, 0) is 59.4 Å². The Morgan fingerprint density at radius 1 is 1.39 bits per heavy atom. The fraction of sp³-hybridized carbons (Fsp3) is 0.941. The van der Waals surface area contributed by atoms with Gasteiger partial charge in [-0.3, -0.25) is 4.21 Å². The molecule has 1 N–H and O–H groups in total. The van der Waals surface area contributed by atoms with Gasteiger partial charge in [0, 0.05) is 41.4 Å². The summed E-state index contributed by atoms with van der Waals surface area (Å²) in [6.07, 6.45) is 4.61. The van der Waals surface area contributed by atoms with Crippen LogP contribution in [0.5, 0.6) is 0 Å². The number of ether oxygens (including phenoxy) is 1. The normalized spacial score (nSPS) is 23.2. The molecule has 5 nitrogen and oxygen atoms in total. The number of piperidine rings is 1. The van der Waals surface area contributed by atoms with E-state index in [1.54, 1.807) is 6.26 Å². The van der Waals surface area contributed by atoms with E-state index in [9.17, 15) is 9.00 Å². The van der Waals surface area contributed by atoms with Crippen molar-refractivity contribution in [1.29, 1.82) is 0 Å². The number of nitrogens with zero attached hydrogens (tertiary/aromatic N) is 1. The highest BCUT2D eigenvalue weighted by Crippen LogP contribution is 2.22. The highest BCUT2D eigenvalue weighted by atomic mass is 32.2. The van der Waals surface area contributed by atoms with Crippen molar-refractivity contribution in [2.45, 2.75) is 70.8 Å². The van der Waals surface area contributed by atoms with Crippen molar-refractivity contribution in [3.63, 3.8) is 0 Å². The van der Waals surface area contributed by atoms with E-state index in [4.69, 9.17) is 4.74 Å². The minimum atomic E-state index is -0.761. The molecule has 4 unspecified atom stereocenters. The van der Waals surface area contributed by atoms with E-state index in [1.807, 2.05) is 32.6 Å². The van der Waals surface area contributed by atoms with Crippen molar-refractivity contribution in [3.05, 3.63) is 0 Å². The zero-order valence-corrected chi connectivity index (χ0v) is 16.4. The summed E-state index contributed by atoms with van der Waals surface area (Å²) in [5.41, 5.74) is -0.445. The third kappa shape index (κ3) is 7.66. The molecule has 0 aliphatic carbocycles. The topological polar surface area (TPSA) is 58.6 Å². The fourth-order valence-electron chi connectivity index (χ4n) is 2.76. The molecule has 0 aromatic rings. The van der Waals surface area contributed by atoms with Gasteiger partial charge in [0.05, 0.1) is 0 Å². The highest BCUT2D eigenvalue weighted by molar-refractivity contribution is 7.84. The zero-order chi connectivity index (χ0) is 17.6. The molecule has 6 heteroatoms. The first kappa shape index (κ1) is 20.4. The second-order valence-corrected chi connectivity index (χ2v) is 9.47. The molecule has 0 saturated carbocycles. The maximum Gasteiger partial charge on any atom is 0.410 e. The van der Waals surface area contributed by atoms with Crippen molar-refractivity contribution >= 4 is 16.9 Å². The average Bonchev–Trinajstić information content (AvgIpc) is 2.45. The van der Waals surface area contributed by atoms with Gasteiger partial charge < -0.3 is 15.0 Å². The van der Waals surface area contributed by atoms with Crippen LogP contribution in [-0.2, 0) is 15.5 Å². The molecule has 0 spiro atoms. The van der Waals surface area contributed by atoms with Crippen LogP contribution in [0.2, 0.25) is 0 Å². The molecule has 1 fully saturated rings. The van der Waals surface area contributed by atoms with Crippen LogP contribution in [-0.4, -0.2) is 58.0 Å². The Labute approximate surface area is 144 Å². The third-order valence-electron chi connectivity index (χ3n) is 4.40. The zero-order valence-electron chi connectivity index (χ0n) is 15.6. The Balaban J connectivity index is 2.41. The van der Waals surface area contributed by atoms with E-state index >= 15 is 0 Å². The van der Waals surface area contributed by atoms with E-state index < -0.39 is 16.4 Å². The molecule has 0 radical (unpaired) electrons. The number of carbonyl (C=O) groups is 1. The van der Waals surface area contributed by atoms with Gasteiger partial charge in [0.25, 0.3) is 0 Å². The fourth-order valence-corrected chi connectivity index (χ4v) is 3.21. The number of likely N-dealkylation sites (tertiary alicyclic amines) is 1. The van der Waals surface area contributed by atoms with Crippen molar-refractivity contribution in [2.24, 2.45) is 5.92 Å². The average molecular weight is 347 g/mol. The van der Waals surface area contributed by atoms with Crippen molar-refractivity contribution < 1.29 is 13.7 Å². The van der Waals surface area contributed by atoms with Crippen LogP contribution < -0.4 is 5.32 Å². The smallest absolute Gasteiger partial charge is 0.410 e. The number of hydrogen-bond acceptors (Lipinski definition) is 4. The number of hydrogen-bond donors (Lipinski definition) is 1. The summed E-state index contributed by atoms with van der Waals surface area (Å²) in [6, 6.07) is 0.345. The van der Waals surface area contributed by atoms with E-state index in [2.05, 4.69) is 12.2 Å². The quantitative estimate of drug-likeness (QED) is 0.803. The summed E-state index contributed by atoms with van der Waals surface area (Å²) in [6.45, 7) is 12.3. The summed E-state index contributed by atoms with van der Waals surface area (Å²) in [5, 5.41) is 3.75. The molecule has 1 saturated heterocycles. The number of carbonyl (C=O) groups excluding carboxylic acids is 1. The van der Waals surface area contributed by atoms with Crippen LogP contribution in [0.1, 0.15) is 53.9 Å². The van der Waals surface area contributed by atoms with Gasteiger partial charge in [-0.2, -0.15) is 0 Å². The van der Waals surface area contributed by atoms with Crippen LogP contribution >= 0.6 is 0 Å². The monoisotopic (exact) mass is 346 g/mol. The van der Waals surface area contributed by atoms with Crippen molar-refractivity contribution in [3.8, 4) is 0 Å². The predicted octanol–water partition coefficient (Wildman–Crippen LogP) is 2.77. The van der Waals surface area contributed by atoms with Gasteiger partial charge in [-0.15, -0.1) is 0 Å². The van der Waals surface area contributed by atoms with Gasteiger partial charge in [0.2, 0.25) is 0 Å². The van der Waals surface area contributed by atoms with Gasteiger partial charge in [0.15, 0.2) is 0 Å². The summed E-state index contributed by atoms with van der Waals surface area (Å²) >= 11 is 0. The summed E-state index contributed by atoms with van der Waals surface area (Å²) in [4.78, 5) is 14.0. The standard InChI is InChI=1S/C17H34N2O3S/c1-13(23(6)21)9-10-18-14(2)15-8-7-11-19(12-15)16(20)22-17(3,4)5/h13-15,18H,7-12H2,1-6H3. The van der Waals surface area contributed by atoms with Crippen LogP contribution in [0.25, 0.3) is 0 Å². The SMILES string of the molecule is CC(NCCC(C)S(C)=O)C1CCCN(C(=O)OC(C)(C)C)C1. The minimum absolute atomic E-state index is 0.204. The first-order chi connectivity index (χ1) is 10.6. The lowest BCUT2D eigenvalue weighted by atomic mass is 9.91. The predicted molar refractivity (Wildman–Crippen MR) is 96.1 cm³/mol. The van der Waals surface area contributed by atoms with Gasteiger partial charge in [-0.25, -0.2) is 4.79 Å². The highest BCUT2D eigenvalue weighted by Gasteiger charge is 2.29. The molecular formula is C17H34N2O3S. The molecule has 1 rings (SSSR count). The Hall–Kier alpha value is -0.620. The second kappa shape index (κ2) is 9.02. The minimum Gasteiger partial charge on any atom is -0.444 e. The molecule has 1 heterocycles. The molecule has 1 aliphatic rings. The van der Waals surface area contributed by atoms with Gasteiger partial charge in [0.1, 0.15) is 5.60 Å². The molecule has 1 aliphatic heterocycles. The maximum absolute atomic E-state index is 12.2. The van der Waals surface area contributed by atoms with Crippen LogP contribution in [0.3, 0.4) is 0 Å². The lowest BCUT2D eigenvalue weighted by molar-refractivity contribution is 0.0148. The molecule has 4 atom stereocenters. The lowest BCUT2D eigenvalue weighted by Gasteiger charge is -2.37. The molecular weight excluding hydrogens is 312 g/mol. The summed E-state index contributed by atoms with van der Waals surface area (Å²) in [5.74, 6) is 0.443. The first-order valence-electron chi connectivity index (χ1n) is 8.63.